The third-order valence-corrected chi connectivity index (χ3v) is 2.75. The zero-order chi connectivity index (χ0) is 15.3. The minimum Gasteiger partial charge on any atom is -0.385 e. The molecule has 1 N–H and O–H groups in total. The minimum absolute atomic E-state index is 0.380. The second-order valence-electron chi connectivity index (χ2n) is 4.64. The molecule has 0 saturated carbocycles. The molecule has 112 valence electrons. The highest BCUT2D eigenvalue weighted by Crippen LogP contribution is 2.14. The number of carbonyl (C=O) groups is 4. The predicted molar refractivity (Wildman–Crippen MR) is 68.6 cm³/mol. The fraction of sp³-hybridized carbons (Fsp3) is 0.667. The van der Waals surface area contributed by atoms with Crippen LogP contribution in [-0.2, 0) is 19.1 Å². The van der Waals surface area contributed by atoms with E-state index < -0.39 is 36.3 Å². The molecule has 1 saturated heterocycles. The molecule has 5 amide bonds. The molecule has 0 aromatic heterocycles. The molecule has 1 aliphatic rings. The fourth-order valence-corrected chi connectivity index (χ4v) is 1.76. The highest BCUT2D eigenvalue weighted by atomic mass is 16.5. The number of ether oxygens (including phenoxy) is 1. The number of carbonyl (C=O) groups excluding carboxylic acids is 4. The van der Waals surface area contributed by atoms with Crippen molar-refractivity contribution in [2.24, 2.45) is 0 Å². The Labute approximate surface area is 117 Å². The van der Waals surface area contributed by atoms with E-state index in [-0.39, 0.29) is 0 Å². The highest BCUT2D eigenvalue weighted by molar-refractivity contribution is 6.45. The molecule has 0 aromatic rings. The maximum absolute atomic E-state index is 11.9. The van der Waals surface area contributed by atoms with E-state index in [1.54, 1.807) is 21.0 Å². The third kappa shape index (κ3) is 3.53. The largest absolute Gasteiger partial charge is 0.385 e. The Kier molecular flexibility index (Phi) is 5.63. The van der Waals surface area contributed by atoms with E-state index in [4.69, 9.17) is 4.74 Å². The molecule has 20 heavy (non-hydrogen) atoms. The van der Waals surface area contributed by atoms with Crippen LogP contribution in [-0.4, -0.2) is 66.4 Å². The van der Waals surface area contributed by atoms with E-state index in [1.807, 2.05) is 0 Å². The van der Waals surface area contributed by atoms with Crippen molar-refractivity contribution in [2.75, 3.05) is 26.8 Å². The van der Waals surface area contributed by atoms with Crippen molar-refractivity contribution in [3.63, 3.8) is 0 Å². The van der Waals surface area contributed by atoms with Crippen molar-refractivity contribution < 1.29 is 23.9 Å². The zero-order valence-electron chi connectivity index (χ0n) is 11.8. The Morgan fingerprint density at radius 1 is 1.25 bits per heavy atom. The van der Waals surface area contributed by atoms with Gasteiger partial charge < -0.3 is 10.1 Å². The number of rotatable bonds is 7. The standard InChI is InChI=1S/C12H19N3O5/c1-8(2)15-11(18)10(17)14(12(15)19)7-9(16)13-5-4-6-20-3/h8H,4-7H2,1-3H3,(H,13,16). The average Bonchev–Trinajstić information content (AvgIpc) is 2.59. The number of nitrogens with zero attached hydrogens (tertiary/aromatic N) is 2. The normalized spacial score (nSPS) is 15.5. The van der Waals surface area contributed by atoms with Crippen molar-refractivity contribution in [3.05, 3.63) is 0 Å². The van der Waals surface area contributed by atoms with Crippen LogP contribution in [0.15, 0.2) is 0 Å². The summed E-state index contributed by atoms with van der Waals surface area (Å²) in [5, 5.41) is 2.55. The molecule has 8 heteroatoms. The van der Waals surface area contributed by atoms with Crippen molar-refractivity contribution in [1.82, 2.24) is 15.1 Å². The lowest BCUT2D eigenvalue weighted by molar-refractivity contribution is -0.144. The smallest absolute Gasteiger partial charge is 0.334 e. The van der Waals surface area contributed by atoms with E-state index in [1.165, 1.54) is 0 Å². The van der Waals surface area contributed by atoms with E-state index in [0.29, 0.717) is 24.5 Å². The monoisotopic (exact) mass is 285 g/mol. The van der Waals surface area contributed by atoms with Crippen LogP contribution in [0.5, 0.6) is 0 Å². The fourth-order valence-electron chi connectivity index (χ4n) is 1.76. The Hall–Kier alpha value is -1.96. The van der Waals surface area contributed by atoms with Crippen LogP contribution < -0.4 is 5.32 Å². The second-order valence-corrected chi connectivity index (χ2v) is 4.64. The van der Waals surface area contributed by atoms with Crippen molar-refractivity contribution in [2.45, 2.75) is 26.3 Å². The van der Waals surface area contributed by atoms with Gasteiger partial charge in [-0.1, -0.05) is 0 Å². The first-order valence-corrected chi connectivity index (χ1v) is 6.34. The molecule has 0 atom stereocenters. The lowest BCUT2D eigenvalue weighted by atomic mass is 10.3. The topological polar surface area (TPSA) is 96.0 Å². The van der Waals surface area contributed by atoms with Crippen LogP contribution >= 0.6 is 0 Å². The van der Waals surface area contributed by atoms with Gasteiger partial charge in [-0.25, -0.2) is 9.69 Å². The number of methoxy groups -OCH3 is 1. The van der Waals surface area contributed by atoms with Crippen LogP contribution in [0.3, 0.4) is 0 Å². The Morgan fingerprint density at radius 3 is 2.40 bits per heavy atom. The van der Waals surface area contributed by atoms with Crippen molar-refractivity contribution in [3.8, 4) is 0 Å². The van der Waals surface area contributed by atoms with Crippen LogP contribution in [0.25, 0.3) is 0 Å². The molecule has 0 aromatic carbocycles. The van der Waals surface area contributed by atoms with Gasteiger partial charge in [0.05, 0.1) is 0 Å². The molecular formula is C12H19N3O5. The molecule has 0 aliphatic carbocycles. The molecule has 0 unspecified atom stereocenters. The van der Waals surface area contributed by atoms with Gasteiger partial charge >= 0.3 is 17.8 Å². The number of amides is 5. The lowest BCUT2D eigenvalue weighted by Crippen LogP contribution is -2.42. The van der Waals surface area contributed by atoms with Gasteiger partial charge in [-0.15, -0.1) is 0 Å². The van der Waals surface area contributed by atoms with Gasteiger partial charge in [-0.2, -0.15) is 0 Å². The summed E-state index contributed by atoms with van der Waals surface area (Å²) in [6.07, 6.45) is 0.626. The minimum atomic E-state index is -0.962. The zero-order valence-corrected chi connectivity index (χ0v) is 11.8. The SMILES string of the molecule is COCCCNC(=O)CN1C(=O)C(=O)N(C(C)C)C1=O. The molecule has 1 aliphatic heterocycles. The van der Waals surface area contributed by atoms with Gasteiger partial charge in [0.1, 0.15) is 6.54 Å². The van der Waals surface area contributed by atoms with Crippen molar-refractivity contribution >= 4 is 23.8 Å². The average molecular weight is 285 g/mol. The lowest BCUT2D eigenvalue weighted by Gasteiger charge is -2.18. The van der Waals surface area contributed by atoms with Crippen LogP contribution in [0.1, 0.15) is 20.3 Å². The van der Waals surface area contributed by atoms with Gasteiger partial charge in [0.2, 0.25) is 5.91 Å². The molecule has 0 radical (unpaired) electrons. The first kappa shape index (κ1) is 16.1. The summed E-state index contributed by atoms with van der Waals surface area (Å²) >= 11 is 0. The summed E-state index contributed by atoms with van der Waals surface area (Å²) in [5.41, 5.74) is 0. The molecule has 1 fully saturated rings. The first-order valence-electron chi connectivity index (χ1n) is 6.34. The quantitative estimate of drug-likeness (QED) is 0.380. The maximum atomic E-state index is 11.9. The summed E-state index contributed by atoms with van der Waals surface area (Å²) in [5.74, 6) is -2.34. The number of nitrogens with one attached hydrogen (secondary N) is 1. The van der Waals surface area contributed by atoms with E-state index >= 15 is 0 Å². The Balaban J connectivity index is 2.55. The summed E-state index contributed by atoms with van der Waals surface area (Å²) < 4.78 is 4.82. The summed E-state index contributed by atoms with van der Waals surface area (Å²) in [4.78, 5) is 48.3. The Bertz CT molecular complexity index is 421. The highest BCUT2D eigenvalue weighted by Gasteiger charge is 2.46. The van der Waals surface area contributed by atoms with Crippen LogP contribution in [0.2, 0.25) is 0 Å². The molecular weight excluding hydrogens is 266 g/mol. The molecule has 1 heterocycles. The summed E-state index contributed by atoms with van der Waals surface area (Å²) in [6, 6.07) is -1.17. The summed E-state index contributed by atoms with van der Waals surface area (Å²) in [6.45, 7) is 3.68. The van der Waals surface area contributed by atoms with Crippen molar-refractivity contribution in [1.29, 1.82) is 0 Å². The second kappa shape index (κ2) is 6.99. The van der Waals surface area contributed by atoms with Gasteiger partial charge in [0, 0.05) is 26.3 Å². The third-order valence-electron chi connectivity index (χ3n) is 2.75. The van der Waals surface area contributed by atoms with E-state index in [0.717, 1.165) is 4.90 Å². The number of hydrogen-bond acceptors (Lipinski definition) is 5. The molecule has 1 rings (SSSR count). The van der Waals surface area contributed by atoms with Gasteiger partial charge in [-0.05, 0) is 20.3 Å². The van der Waals surface area contributed by atoms with E-state index in [2.05, 4.69) is 5.32 Å². The Morgan fingerprint density at radius 2 is 1.90 bits per heavy atom. The van der Waals surface area contributed by atoms with Gasteiger partial charge in [0.15, 0.2) is 0 Å². The first-order chi connectivity index (χ1) is 9.40. The maximum Gasteiger partial charge on any atom is 0.334 e. The number of urea groups is 1. The van der Waals surface area contributed by atoms with Gasteiger partial charge in [-0.3, -0.25) is 19.3 Å². The number of hydrogen-bond donors (Lipinski definition) is 1. The van der Waals surface area contributed by atoms with E-state index in [9.17, 15) is 19.2 Å². The number of imide groups is 2. The van der Waals surface area contributed by atoms with Crippen LogP contribution in [0.4, 0.5) is 4.79 Å². The molecule has 0 spiro atoms. The molecule has 0 bridgehead atoms. The molecule has 8 nitrogen and oxygen atoms in total. The van der Waals surface area contributed by atoms with Gasteiger partial charge in [0.25, 0.3) is 0 Å². The summed E-state index contributed by atoms with van der Waals surface area (Å²) in [7, 11) is 1.55. The predicted octanol–water partition coefficient (Wildman–Crippen LogP) is -0.662. The van der Waals surface area contributed by atoms with Crippen LogP contribution in [0, 0.1) is 0 Å².